The van der Waals surface area contributed by atoms with Crippen LogP contribution in [0.25, 0.3) is 0 Å². The summed E-state index contributed by atoms with van der Waals surface area (Å²) in [4.78, 5) is 0. The molecule has 2 rings (SSSR count). The molecule has 0 atom stereocenters. The molecule has 0 saturated heterocycles. The minimum Gasteiger partial charge on any atom is -0.228 e. The first kappa shape index (κ1) is 19.2. The van der Waals surface area contributed by atoms with Crippen molar-refractivity contribution in [2.75, 3.05) is 16.6 Å². The third-order valence-corrected chi connectivity index (χ3v) is 10.1. The summed E-state index contributed by atoms with van der Waals surface area (Å²) >= 11 is 0. The van der Waals surface area contributed by atoms with E-state index in [0.29, 0.717) is 24.7 Å². The van der Waals surface area contributed by atoms with Crippen molar-refractivity contribution < 1.29 is 16.8 Å². The van der Waals surface area contributed by atoms with Crippen LogP contribution < -0.4 is 0 Å². The Labute approximate surface area is 142 Å². The van der Waals surface area contributed by atoms with Crippen LogP contribution in [0.5, 0.6) is 0 Å². The summed E-state index contributed by atoms with van der Waals surface area (Å²) in [5.74, 6) is 1.03. The summed E-state index contributed by atoms with van der Waals surface area (Å²) in [7, 11) is -6.96. The van der Waals surface area contributed by atoms with Crippen molar-refractivity contribution in [1.82, 2.24) is 0 Å². The maximum absolute atomic E-state index is 12.2. The van der Waals surface area contributed by atoms with Crippen LogP contribution in [0, 0.1) is 11.8 Å². The van der Waals surface area contributed by atoms with Gasteiger partial charge in [0.2, 0.25) is 0 Å². The van der Waals surface area contributed by atoms with E-state index >= 15 is 0 Å². The minimum atomic E-state index is -3.48. The van der Waals surface area contributed by atoms with E-state index in [1.165, 1.54) is 38.5 Å². The van der Waals surface area contributed by atoms with Gasteiger partial charge in [0.25, 0.3) is 0 Å². The fourth-order valence-corrected chi connectivity index (χ4v) is 8.55. The normalized spacial score (nSPS) is 22.3. The van der Waals surface area contributed by atoms with Gasteiger partial charge >= 0.3 is 0 Å². The molecule has 0 aromatic carbocycles. The highest BCUT2D eigenvalue weighted by molar-refractivity contribution is 8.08. The molecule has 4 nitrogen and oxygen atoms in total. The van der Waals surface area contributed by atoms with E-state index in [2.05, 4.69) is 0 Å². The molecule has 0 N–H and O–H groups in total. The van der Waals surface area contributed by atoms with Crippen LogP contribution in [0.15, 0.2) is 0 Å². The Morgan fingerprint density at radius 1 is 0.565 bits per heavy atom. The van der Waals surface area contributed by atoms with E-state index < -0.39 is 24.8 Å². The molecule has 0 unspecified atom stereocenters. The van der Waals surface area contributed by atoms with Crippen molar-refractivity contribution in [1.29, 1.82) is 0 Å². The van der Waals surface area contributed by atoms with Crippen molar-refractivity contribution in [3.63, 3.8) is 0 Å². The number of sulfone groups is 2. The van der Waals surface area contributed by atoms with E-state index in [0.717, 1.165) is 25.7 Å². The zero-order valence-electron chi connectivity index (χ0n) is 14.2. The average Bonchev–Trinajstić information content (AvgIpc) is 2.52. The van der Waals surface area contributed by atoms with Crippen molar-refractivity contribution in [2.24, 2.45) is 11.8 Å². The Kier molecular flexibility index (Phi) is 7.39. The minimum absolute atomic E-state index is 0.0420. The molecule has 2 fully saturated rings. The second-order valence-electron chi connectivity index (χ2n) is 7.60. The molecule has 0 aliphatic heterocycles. The lowest BCUT2D eigenvalue weighted by Gasteiger charge is -2.22. The van der Waals surface area contributed by atoms with E-state index in [1.807, 2.05) is 0 Å². The maximum Gasteiger partial charge on any atom is 0.164 e. The van der Waals surface area contributed by atoms with E-state index in [9.17, 15) is 16.8 Å². The Hall–Kier alpha value is -0.100. The Balaban J connectivity index is 1.75. The summed E-state index contributed by atoms with van der Waals surface area (Å²) in [6, 6.07) is 0. The van der Waals surface area contributed by atoms with Crippen LogP contribution in [-0.2, 0) is 19.7 Å². The van der Waals surface area contributed by atoms with E-state index in [-0.39, 0.29) is 11.5 Å². The van der Waals surface area contributed by atoms with Crippen molar-refractivity contribution >= 4 is 19.7 Å². The van der Waals surface area contributed by atoms with Crippen LogP contribution in [0.4, 0.5) is 0 Å². The molecule has 0 radical (unpaired) electrons. The summed E-state index contributed by atoms with van der Waals surface area (Å²) < 4.78 is 48.6. The van der Waals surface area contributed by atoms with Crippen molar-refractivity contribution in [3.05, 3.63) is 0 Å². The van der Waals surface area contributed by atoms with Crippen LogP contribution in [0.1, 0.15) is 77.0 Å². The van der Waals surface area contributed by atoms with E-state index in [1.54, 1.807) is 0 Å². The summed E-state index contributed by atoms with van der Waals surface area (Å²) in [6.45, 7) is 0. The molecule has 23 heavy (non-hydrogen) atoms. The highest BCUT2D eigenvalue weighted by Crippen LogP contribution is 2.28. The predicted octanol–water partition coefficient (Wildman–Crippen LogP) is 3.71. The molecule has 2 aliphatic carbocycles. The monoisotopic (exact) mass is 364 g/mol. The van der Waals surface area contributed by atoms with Gasteiger partial charge in [-0.05, 0) is 24.7 Å². The first-order valence-corrected chi connectivity index (χ1v) is 12.9. The van der Waals surface area contributed by atoms with Crippen LogP contribution in [-0.4, -0.2) is 33.4 Å². The molecule has 0 spiro atoms. The fourth-order valence-electron chi connectivity index (χ4n) is 4.04. The maximum atomic E-state index is 12.2. The quantitative estimate of drug-likeness (QED) is 0.658. The number of hydrogen-bond donors (Lipinski definition) is 0. The van der Waals surface area contributed by atoms with Gasteiger partial charge in [-0.1, -0.05) is 64.2 Å². The molecule has 0 heterocycles. The van der Waals surface area contributed by atoms with Gasteiger partial charge in [0, 0.05) is 0 Å². The molecule has 2 saturated carbocycles. The largest absolute Gasteiger partial charge is 0.228 e. The predicted molar refractivity (Wildman–Crippen MR) is 94.8 cm³/mol. The molecule has 2 aliphatic rings. The molecule has 0 bridgehead atoms. The van der Waals surface area contributed by atoms with Gasteiger partial charge in [0.15, 0.2) is 24.8 Å². The van der Waals surface area contributed by atoms with Gasteiger partial charge in [-0.15, -0.1) is 0 Å². The molecule has 0 aromatic heterocycles. The lowest BCUT2D eigenvalue weighted by Crippen LogP contribution is -2.24. The standard InChI is InChI=1S/C17H32O4S2/c18-22(19,13-11-16-7-3-1-4-8-16)15-23(20,21)14-12-17-9-5-2-6-10-17/h16-17H,1-15H2. The summed E-state index contributed by atoms with van der Waals surface area (Å²) in [5, 5.41) is -0.639. The lowest BCUT2D eigenvalue weighted by atomic mass is 9.88. The van der Waals surface area contributed by atoms with Gasteiger partial charge in [0.05, 0.1) is 11.5 Å². The zero-order chi connectivity index (χ0) is 16.8. The third-order valence-electron chi connectivity index (χ3n) is 5.48. The van der Waals surface area contributed by atoms with Crippen LogP contribution in [0.3, 0.4) is 0 Å². The SMILES string of the molecule is O=S(=O)(CCC1CCCCC1)CS(=O)(=O)CCC1CCCCC1. The Morgan fingerprint density at radius 3 is 1.26 bits per heavy atom. The van der Waals surface area contributed by atoms with Gasteiger partial charge < -0.3 is 0 Å². The molecule has 136 valence electrons. The Bertz CT molecular complexity index is 489. The Morgan fingerprint density at radius 2 is 0.913 bits per heavy atom. The van der Waals surface area contributed by atoms with Crippen LogP contribution in [0.2, 0.25) is 0 Å². The van der Waals surface area contributed by atoms with E-state index in [4.69, 9.17) is 0 Å². The smallest absolute Gasteiger partial charge is 0.164 e. The average molecular weight is 365 g/mol. The second kappa shape index (κ2) is 8.84. The first-order valence-electron chi connectivity index (χ1n) is 9.27. The summed E-state index contributed by atoms with van der Waals surface area (Å²) in [6.07, 6.45) is 12.9. The number of hydrogen-bond acceptors (Lipinski definition) is 4. The van der Waals surface area contributed by atoms with Crippen LogP contribution >= 0.6 is 0 Å². The highest BCUT2D eigenvalue weighted by Gasteiger charge is 2.25. The highest BCUT2D eigenvalue weighted by atomic mass is 32.3. The second-order valence-corrected chi connectivity index (χ2v) is 12.3. The van der Waals surface area contributed by atoms with Gasteiger partial charge in [-0.3, -0.25) is 0 Å². The molecule has 0 amide bonds. The summed E-state index contributed by atoms with van der Waals surface area (Å²) in [5.41, 5.74) is 0. The molecule has 0 aromatic rings. The molecular weight excluding hydrogens is 332 g/mol. The zero-order valence-corrected chi connectivity index (χ0v) is 15.8. The lowest BCUT2D eigenvalue weighted by molar-refractivity contribution is 0.349. The third kappa shape index (κ3) is 7.55. The fraction of sp³-hybridized carbons (Fsp3) is 1.00. The van der Waals surface area contributed by atoms with Gasteiger partial charge in [-0.25, -0.2) is 16.8 Å². The molecule has 6 heteroatoms. The van der Waals surface area contributed by atoms with Gasteiger partial charge in [0.1, 0.15) is 0 Å². The topological polar surface area (TPSA) is 68.3 Å². The van der Waals surface area contributed by atoms with Gasteiger partial charge in [-0.2, -0.15) is 0 Å². The van der Waals surface area contributed by atoms with Crippen molar-refractivity contribution in [3.8, 4) is 0 Å². The number of rotatable bonds is 8. The first-order chi connectivity index (χ1) is 10.9. The molecular formula is C17H32O4S2. The van der Waals surface area contributed by atoms with Crippen molar-refractivity contribution in [2.45, 2.75) is 77.0 Å².